The molecule has 0 heterocycles. The molecule has 2 aromatic carbocycles. The van der Waals surface area contributed by atoms with Crippen LogP contribution in [0.4, 0.5) is 14.5 Å². The van der Waals surface area contributed by atoms with Gasteiger partial charge in [-0.2, -0.15) is 0 Å². The van der Waals surface area contributed by atoms with Crippen molar-refractivity contribution in [2.45, 2.75) is 13.5 Å². The predicted octanol–water partition coefficient (Wildman–Crippen LogP) is 2.98. The second-order valence-electron chi connectivity index (χ2n) is 4.48. The van der Waals surface area contributed by atoms with Crippen LogP contribution in [0, 0.1) is 18.6 Å². The smallest absolute Gasteiger partial charge is 0.248 e. The average Bonchev–Trinajstić information content (AvgIpc) is 2.38. The van der Waals surface area contributed by atoms with Gasteiger partial charge in [-0.25, -0.2) is 8.78 Å². The van der Waals surface area contributed by atoms with Crippen LogP contribution >= 0.6 is 0 Å². The highest BCUT2D eigenvalue weighted by molar-refractivity contribution is 5.93. The van der Waals surface area contributed by atoms with Crippen molar-refractivity contribution in [3.8, 4) is 0 Å². The highest BCUT2D eigenvalue weighted by Gasteiger charge is 2.06. The molecule has 2 aromatic rings. The van der Waals surface area contributed by atoms with Crippen LogP contribution in [-0.4, -0.2) is 5.91 Å². The second kappa shape index (κ2) is 5.69. The highest BCUT2D eigenvalue weighted by Crippen LogP contribution is 2.18. The molecule has 2 rings (SSSR count). The van der Waals surface area contributed by atoms with E-state index in [0.717, 1.165) is 17.3 Å². The first-order valence-corrected chi connectivity index (χ1v) is 6.05. The van der Waals surface area contributed by atoms with Crippen LogP contribution in [0.5, 0.6) is 0 Å². The SMILES string of the molecule is Cc1cc(C(N)=O)ccc1NCc1ccc(F)cc1F. The lowest BCUT2D eigenvalue weighted by Crippen LogP contribution is -2.11. The lowest BCUT2D eigenvalue weighted by atomic mass is 10.1. The molecule has 3 N–H and O–H groups in total. The molecular formula is C15H14F2N2O. The van der Waals surface area contributed by atoms with Crippen LogP contribution in [-0.2, 0) is 6.54 Å². The van der Waals surface area contributed by atoms with Gasteiger partial charge < -0.3 is 11.1 Å². The Kier molecular flexibility index (Phi) is 3.98. The molecule has 0 aliphatic heterocycles. The first-order chi connectivity index (χ1) is 9.47. The van der Waals surface area contributed by atoms with E-state index in [0.29, 0.717) is 11.1 Å². The molecule has 1 amide bonds. The molecule has 5 heteroatoms. The first kappa shape index (κ1) is 14.0. The Hall–Kier alpha value is -2.43. The van der Waals surface area contributed by atoms with Gasteiger partial charge in [-0.1, -0.05) is 6.07 Å². The number of rotatable bonds is 4. The molecule has 104 valence electrons. The van der Waals surface area contributed by atoms with Crippen molar-refractivity contribution >= 4 is 11.6 Å². The van der Waals surface area contributed by atoms with Gasteiger partial charge in [0.1, 0.15) is 11.6 Å². The molecule has 0 bridgehead atoms. The Morgan fingerprint density at radius 2 is 1.95 bits per heavy atom. The maximum Gasteiger partial charge on any atom is 0.248 e. The van der Waals surface area contributed by atoms with Gasteiger partial charge in [-0.15, -0.1) is 0 Å². The second-order valence-corrected chi connectivity index (χ2v) is 4.48. The fraction of sp³-hybridized carbons (Fsp3) is 0.133. The summed E-state index contributed by atoms with van der Waals surface area (Å²) in [7, 11) is 0. The number of amides is 1. The third kappa shape index (κ3) is 3.12. The molecule has 0 radical (unpaired) electrons. The molecule has 0 unspecified atom stereocenters. The van der Waals surface area contributed by atoms with Crippen LogP contribution in [0.15, 0.2) is 36.4 Å². The van der Waals surface area contributed by atoms with E-state index < -0.39 is 17.5 Å². The summed E-state index contributed by atoms with van der Waals surface area (Å²) in [6, 6.07) is 8.41. The molecular weight excluding hydrogens is 262 g/mol. The topological polar surface area (TPSA) is 55.1 Å². The number of anilines is 1. The highest BCUT2D eigenvalue weighted by atomic mass is 19.1. The van der Waals surface area contributed by atoms with Gasteiger partial charge in [-0.3, -0.25) is 4.79 Å². The number of nitrogens with one attached hydrogen (secondary N) is 1. The molecule has 20 heavy (non-hydrogen) atoms. The maximum absolute atomic E-state index is 13.5. The van der Waals surface area contributed by atoms with Gasteiger partial charge in [0.05, 0.1) is 0 Å². The Labute approximate surface area is 115 Å². The number of benzene rings is 2. The normalized spacial score (nSPS) is 10.3. The van der Waals surface area contributed by atoms with Crippen LogP contribution in [0.3, 0.4) is 0 Å². The van der Waals surface area contributed by atoms with Gasteiger partial charge >= 0.3 is 0 Å². The van der Waals surface area contributed by atoms with Gasteiger partial charge in [0.25, 0.3) is 0 Å². The summed E-state index contributed by atoms with van der Waals surface area (Å²) in [5.74, 6) is -1.69. The van der Waals surface area contributed by atoms with E-state index in [9.17, 15) is 13.6 Å². The Bertz CT molecular complexity index is 656. The summed E-state index contributed by atoms with van der Waals surface area (Å²) in [6.45, 7) is 2.04. The van der Waals surface area contributed by atoms with Crippen molar-refractivity contribution in [1.29, 1.82) is 0 Å². The summed E-state index contributed by atoms with van der Waals surface area (Å²) in [6.07, 6.45) is 0. The zero-order valence-electron chi connectivity index (χ0n) is 10.9. The zero-order valence-corrected chi connectivity index (χ0v) is 10.9. The van der Waals surface area contributed by atoms with Crippen molar-refractivity contribution in [2.24, 2.45) is 5.73 Å². The lowest BCUT2D eigenvalue weighted by Gasteiger charge is -2.11. The number of carbonyl (C=O) groups excluding carboxylic acids is 1. The number of halogens is 2. The first-order valence-electron chi connectivity index (χ1n) is 6.05. The minimum Gasteiger partial charge on any atom is -0.381 e. The van der Waals surface area contributed by atoms with Crippen LogP contribution in [0.2, 0.25) is 0 Å². The number of nitrogens with two attached hydrogens (primary N) is 1. The summed E-state index contributed by atoms with van der Waals surface area (Å²) in [4.78, 5) is 11.0. The standard InChI is InChI=1S/C15H14F2N2O/c1-9-6-10(15(18)20)3-5-14(9)19-8-11-2-4-12(16)7-13(11)17/h2-7,19H,8H2,1H3,(H2,18,20). The van der Waals surface area contributed by atoms with Gasteiger partial charge in [0, 0.05) is 29.4 Å². The zero-order chi connectivity index (χ0) is 14.7. The van der Waals surface area contributed by atoms with E-state index in [4.69, 9.17) is 5.73 Å². The monoisotopic (exact) mass is 276 g/mol. The molecule has 0 saturated carbocycles. The minimum absolute atomic E-state index is 0.225. The predicted molar refractivity (Wildman–Crippen MR) is 73.4 cm³/mol. The van der Waals surface area contributed by atoms with Crippen LogP contribution < -0.4 is 11.1 Å². The van der Waals surface area contributed by atoms with Crippen molar-refractivity contribution < 1.29 is 13.6 Å². The van der Waals surface area contributed by atoms with Gasteiger partial charge in [-0.05, 0) is 36.8 Å². The van der Waals surface area contributed by atoms with Gasteiger partial charge in [0.15, 0.2) is 0 Å². The van der Waals surface area contributed by atoms with E-state index in [1.165, 1.54) is 12.1 Å². The van der Waals surface area contributed by atoms with E-state index in [-0.39, 0.29) is 6.54 Å². The Morgan fingerprint density at radius 3 is 2.55 bits per heavy atom. The average molecular weight is 276 g/mol. The molecule has 0 aromatic heterocycles. The van der Waals surface area contributed by atoms with E-state index in [1.54, 1.807) is 18.2 Å². The lowest BCUT2D eigenvalue weighted by molar-refractivity contribution is 0.1000. The largest absolute Gasteiger partial charge is 0.381 e. The maximum atomic E-state index is 13.5. The fourth-order valence-electron chi connectivity index (χ4n) is 1.87. The van der Waals surface area contributed by atoms with Crippen molar-refractivity contribution in [1.82, 2.24) is 0 Å². The summed E-state index contributed by atoms with van der Waals surface area (Å²) < 4.78 is 26.3. The third-order valence-electron chi connectivity index (χ3n) is 3.00. The van der Waals surface area contributed by atoms with Crippen molar-refractivity contribution in [3.63, 3.8) is 0 Å². The van der Waals surface area contributed by atoms with Crippen LogP contribution in [0.1, 0.15) is 21.5 Å². The fourth-order valence-corrected chi connectivity index (χ4v) is 1.87. The van der Waals surface area contributed by atoms with Crippen LogP contribution in [0.25, 0.3) is 0 Å². The quantitative estimate of drug-likeness (QED) is 0.902. The number of hydrogen-bond acceptors (Lipinski definition) is 2. The van der Waals surface area contributed by atoms with E-state index >= 15 is 0 Å². The third-order valence-corrected chi connectivity index (χ3v) is 3.00. The Morgan fingerprint density at radius 1 is 1.20 bits per heavy atom. The molecule has 0 aliphatic carbocycles. The molecule has 0 spiro atoms. The minimum atomic E-state index is -0.603. The Balaban J connectivity index is 2.13. The number of hydrogen-bond donors (Lipinski definition) is 2. The number of aryl methyl sites for hydroxylation is 1. The molecule has 0 saturated heterocycles. The summed E-state index contributed by atoms with van der Waals surface area (Å²) in [5.41, 5.74) is 7.56. The molecule has 3 nitrogen and oxygen atoms in total. The molecule has 0 atom stereocenters. The van der Waals surface area contributed by atoms with E-state index in [1.807, 2.05) is 6.92 Å². The summed E-state index contributed by atoms with van der Waals surface area (Å²) in [5, 5.41) is 3.04. The van der Waals surface area contributed by atoms with Crippen molar-refractivity contribution in [3.05, 3.63) is 64.7 Å². The van der Waals surface area contributed by atoms with Crippen molar-refractivity contribution in [2.75, 3.05) is 5.32 Å². The molecule has 0 aliphatic rings. The summed E-state index contributed by atoms with van der Waals surface area (Å²) >= 11 is 0. The number of primary amides is 1. The molecule has 0 fully saturated rings. The number of carbonyl (C=O) groups is 1. The van der Waals surface area contributed by atoms with E-state index in [2.05, 4.69) is 5.32 Å². The van der Waals surface area contributed by atoms with Gasteiger partial charge in [0.2, 0.25) is 5.91 Å².